The fourth-order valence-electron chi connectivity index (χ4n) is 1.10. The molecule has 3 heteroatoms. The fraction of sp³-hybridized carbons (Fsp3) is 0.444. The first-order valence-corrected chi connectivity index (χ1v) is 7.71. The maximum atomic E-state index is 4.58. The van der Waals surface area contributed by atoms with Crippen molar-refractivity contribution in [1.29, 1.82) is 0 Å². The predicted octanol–water partition coefficient (Wildman–Crippen LogP) is 1.43. The average molecular weight is 171 g/mol. The second-order valence-corrected chi connectivity index (χ2v) is 8.89. The van der Waals surface area contributed by atoms with E-state index < -0.39 is 8.07 Å². The molecule has 0 radical (unpaired) electrons. The molecular formula is C9H14LiNSi. The van der Waals surface area contributed by atoms with Gasteiger partial charge in [0.2, 0.25) is 0 Å². The average Bonchev–Trinajstić information content (AvgIpc) is 2.05. The van der Waals surface area contributed by atoms with Gasteiger partial charge in [-0.1, -0.05) is 0 Å². The predicted molar refractivity (Wildman–Crippen MR) is 56.7 cm³/mol. The molecule has 0 unspecified atom stereocenters. The molecule has 0 fully saturated rings. The summed E-state index contributed by atoms with van der Waals surface area (Å²) < 4.78 is 1.27. The van der Waals surface area contributed by atoms with Crippen molar-refractivity contribution in [2.45, 2.75) is 24.7 Å². The van der Waals surface area contributed by atoms with Crippen molar-refractivity contribution in [3.8, 4) is 0 Å². The van der Waals surface area contributed by atoms with Gasteiger partial charge in [0.15, 0.2) is 0 Å². The van der Waals surface area contributed by atoms with Gasteiger partial charge < -0.3 is 0 Å². The third-order valence-corrected chi connectivity index (χ3v) is 5.90. The maximum absolute atomic E-state index is 4.58. The molecule has 1 rings (SSSR count). The van der Waals surface area contributed by atoms with Gasteiger partial charge in [-0.15, -0.1) is 0 Å². The van der Waals surface area contributed by atoms with E-state index in [2.05, 4.69) is 60.9 Å². The van der Waals surface area contributed by atoms with Crippen molar-refractivity contribution in [2.24, 2.45) is 0 Å². The van der Waals surface area contributed by atoms with E-state index in [0.29, 0.717) is 0 Å². The van der Waals surface area contributed by atoms with Crippen LogP contribution in [-0.2, 0) is 0 Å². The number of hydrogen-bond acceptors (Lipinski definition) is 1. The van der Waals surface area contributed by atoms with Crippen molar-refractivity contribution >= 4 is 31.1 Å². The standard InChI is InChI=1S/C9H14NSi.Li/c1-8-6-5-7-9(10-8)11(2,3)4;/h5-7H,2H2,1,3-4H3;. The van der Waals surface area contributed by atoms with Gasteiger partial charge in [-0.25, -0.2) is 0 Å². The fourth-order valence-corrected chi connectivity index (χ4v) is 2.49. The Balaban J connectivity index is 3.03. The molecule has 1 heterocycles. The first-order valence-electron chi connectivity index (χ1n) is 4.50. The van der Waals surface area contributed by atoms with Crippen molar-refractivity contribution in [1.82, 2.24) is 4.98 Å². The van der Waals surface area contributed by atoms with Gasteiger partial charge >= 0.3 is 84.7 Å². The Morgan fingerprint density at radius 2 is 2.08 bits per heavy atom. The zero-order chi connectivity index (χ0) is 9.19. The Labute approximate surface area is 84.8 Å². The second-order valence-electron chi connectivity index (χ2n) is 3.90. The van der Waals surface area contributed by atoms with Crippen LogP contribution in [-0.4, -0.2) is 30.8 Å². The molecule has 0 atom stereocenters. The summed E-state index contributed by atoms with van der Waals surface area (Å²) in [7, 11) is -1.20. The molecule has 60 valence electrons. The number of pyridine rings is 1. The van der Waals surface area contributed by atoms with E-state index in [-0.39, 0.29) is 0 Å². The number of aryl methyl sites for hydroxylation is 1. The molecule has 0 aromatic carbocycles. The first-order chi connectivity index (χ1) is 5.56. The summed E-state index contributed by atoms with van der Waals surface area (Å²) in [5.41, 5.74) is 1.14. The van der Waals surface area contributed by atoms with E-state index >= 15 is 0 Å². The molecule has 0 spiro atoms. The number of nitrogens with zero attached hydrogens (tertiary/aromatic N) is 1. The van der Waals surface area contributed by atoms with Crippen LogP contribution < -0.4 is 5.32 Å². The summed E-state index contributed by atoms with van der Waals surface area (Å²) in [6.45, 7) is 6.80. The monoisotopic (exact) mass is 171 g/mol. The Hall–Kier alpha value is -0.0357. The van der Waals surface area contributed by atoms with Gasteiger partial charge in [-0.2, -0.15) is 0 Å². The first kappa shape index (κ1) is 10.0. The Morgan fingerprint density at radius 3 is 2.58 bits per heavy atom. The van der Waals surface area contributed by atoms with E-state index in [1.807, 2.05) is 0 Å². The molecule has 0 amide bonds. The SMILES string of the molecule is [Li][CH2][Si](C)(C)c1cccc(C)n1. The van der Waals surface area contributed by atoms with E-state index in [1.54, 1.807) is 0 Å². The van der Waals surface area contributed by atoms with E-state index in [1.165, 1.54) is 10.0 Å². The second kappa shape index (κ2) is 3.78. The summed E-state index contributed by atoms with van der Waals surface area (Å²) in [5, 5.41) is 1.34. The van der Waals surface area contributed by atoms with Crippen LogP contribution in [0.3, 0.4) is 0 Å². The van der Waals surface area contributed by atoms with Crippen LogP contribution in [0, 0.1) is 6.92 Å². The Morgan fingerprint density at radius 1 is 1.42 bits per heavy atom. The van der Waals surface area contributed by atoms with Crippen LogP contribution in [0.5, 0.6) is 0 Å². The molecule has 0 saturated carbocycles. The van der Waals surface area contributed by atoms with Crippen LogP contribution in [0.1, 0.15) is 5.69 Å². The van der Waals surface area contributed by atoms with E-state index in [9.17, 15) is 0 Å². The minimum atomic E-state index is -1.20. The van der Waals surface area contributed by atoms with Gasteiger partial charge in [0, 0.05) is 0 Å². The van der Waals surface area contributed by atoms with Crippen molar-refractivity contribution in [3.05, 3.63) is 23.9 Å². The summed E-state index contributed by atoms with van der Waals surface area (Å²) in [4.78, 5) is 4.58. The third-order valence-electron chi connectivity index (χ3n) is 2.47. The molecule has 0 aliphatic heterocycles. The summed E-state index contributed by atoms with van der Waals surface area (Å²) in [5.74, 6) is 0. The van der Waals surface area contributed by atoms with Crippen molar-refractivity contribution in [2.75, 3.05) is 0 Å². The molecular weight excluding hydrogens is 157 g/mol. The molecule has 1 nitrogen and oxygen atoms in total. The Kier molecular flexibility index (Phi) is 3.17. The molecule has 1 aromatic heterocycles. The van der Waals surface area contributed by atoms with Crippen LogP contribution >= 0.6 is 0 Å². The third kappa shape index (κ3) is 2.23. The molecule has 0 N–H and O–H groups in total. The zero-order valence-electron chi connectivity index (χ0n) is 8.39. The number of aromatic nitrogens is 1. The quantitative estimate of drug-likeness (QED) is 0.613. The van der Waals surface area contributed by atoms with Crippen molar-refractivity contribution in [3.63, 3.8) is 0 Å². The number of hydrogen-bond donors (Lipinski definition) is 0. The summed E-state index contributed by atoms with van der Waals surface area (Å²) >= 11 is 2.26. The Bertz CT molecular complexity index is 273. The van der Waals surface area contributed by atoms with Crippen LogP contribution in [0.2, 0.25) is 17.8 Å². The van der Waals surface area contributed by atoms with Gasteiger partial charge in [0.1, 0.15) is 0 Å². The topological polar surface area (TPSA) is 12.9 Å². The van der Waals surface area contributed by atoms with Gasteiger partial charge in [0.05, 0.1) is 0 Å². The van der Waals surface area contributed by atoms with Crippen molar-refractivity contribution < 1.29 is 0 Å². The van der Waals surface area contributed by atoms with E-state index in [0.717, 1.165) is 5.69 Å². The molecule has 0 aliphatic rings. The molecule has 0 saturated heterocycles. The number of rotatable bonds is 2. The normalized spacial score (nSPS) is 11.8. The van der Waals surface area contributed by atoms with E-state index in [4.69, 9.17) is 0 Å². The van der Waals surface area contributed by atoms with Crippen LogP contribution in [0.15, 0.2) is 18.2 Å². The zero-order valence-corrected chi connectivity index (χ0v) is 9.39. The van der Waals surface area contributed by atoms with Gasteiger partial charge in [0.25, 0.3) is 0 Å². The molecule has 0 aliphatic carbocycles. The van der Waals surface area contributed by atoms with Gasteiger partial charge in [-0.3, -0.25) is 0 Å². The van der Waals surface area contributed by atoms with Gasteiger partial charge in [-0.05, 0) is 0 Å². The van der Waals surface area contributed by atoms with Crippen LogP contribution in [0.4, 0.5) is 0 Å². The summed E-state index contributed by atoms with van der Waals surface area (Å²) in [6, 6.07) is 6.34. The molecule has 1 aromatic rings. The van der Waals surface area contributed by atoms with Crippen LogP contribution in [0.25, 0.3) is 0 Å². The molecule has 12 heavy (non-hydrogen) atoms. The minimum absolute atomic E-state index is 1.14. The summed E-state index contributed by atoms with van der Waals surface area (Å²) in [6.07, 6.45) is 0. The molecule has 0 bridgehead atoms.